The van der Waals surface area contributed by atoms with Gasteiger partial charge in [-0.25, -0.2) is 9.59 Å². The lowest BCUT2D eigenvalue weighted by atomic mass is 9.90. The number of carbonyl (C=O) groups is 2. The molecule has 1 unspecified atom stereocenters. The summed E-state index contributed by atoms with van der Waals surface area (Å²) in [5.41, 5.74) is 1.74. The molecule has 9 heteroatoms. The number of alkyl carbamates (subject to hydrolysis) is 1. The zero-order chi connectivity index (χ0) is 23.8. The number of hydrogen-bond acceptors (Lipinski definition) is 7. The lowest BCUT2D eigenvalue weighted by molar-refractivity contribution is -0.120. The van der Waals surface area contributed by atoms with Gasteiger partial charge in [0.25, 0.3) is 0 Å². The minimum absolute atomic E-state index is 0.0656. The number of halogens is 1. The van der Waals surface area contributed by atoms with Gasteiger partial charge in [0.2, 0.25) is 0 Å². The SMILES string of the molecule is COC(=O)NCCOC(c1cccc(Cl)c1)c1cc(OCC2(C)COC2)cc(C(=O)OC)c1. The van der Waals surface area contributed by atoms with Crippen molar-refractivity contribution in [2.24, 2.45) is 5.41 Å². The largest absolute Gasteiger partial charge is 0.493 e. The number of ether oxygens (including phenoxy) is 5. The van der Waals surface area contributed by atoms with Crippen molar-refractivity contribution in [3.8, 4) is 5.75 Å². The number of benzene rings is 2. The molecule has 1 aliphatic heterocycles. The third-order valence-electron chi connectivity index (χ3n) is 5.13. The molecule has 178 valence electrons. The summed E-state index contributed by atoms with van der Waals surface area (Å²) in [7, 11) is 2.62. The molecule has 1 amide bonds. The second-order valence-corrected chi connectivity index (χ2v) is 8.54. The zero-order valence-corrected chi connectivity index (χ0v) is 19.6. The van der Waals surface area contributed by atoms with Crippen LogP contribution in [0.2, 0.25) is 5.02 Å². The molecule has 8 nitrogen and oxygen atoms in total. The Kier molecular flexibility index (Phi) is 8.55. The van der Waals surface area contributed by atoms with Gasteiger partial charge in [0.15, 0.2) is 0 Å². The van der Waals surface area contributed by atoms with E-state index in [4.69, 9.17) is 30.5 Å². The van der Waals surface area contributed by atoms with Crippen LogP contribution in [0.15, 0.2) is 42.5 Å². The average Bonchev–Trinajstić information content (AvgIpc) is 2.80. The third-order valence-corrected chi connectivity index (χ3v) is 5.37. The van der Waals surface area contributed by atoms with Crippen molar-refractivity contribution in [2.75, 3.05) is 47.2 Å². The van der Waals surface area contributed by atoms with Crippen LogP contribution in [0.1, 0.15) is 34.5 Å². The first-order valence-electron chi connectivity index (χ1n) is 10.5. The van der Waals surface area contributed by atoms with E-state index in [0.29, 0.717) is 41.7 Å². The number of nitrogens with one attached hydrogen (secondary N) is 1. The second-order valence-electron chi connectivity index (χ2n) is 8.10. The maximum atomic E-state index is 12.3. The summed E-state index contributed by atoms with van der Waals surface area (Å²) in [5, 5.41) is 3.13. The summed E-state index contributed by atoms with van der Waals surface area (Å²) in [5.74, 6) is 0.0291. The lowest BCUT2D eigenvalue weighted by Gasteiger charge is -2.37. The molecule has 1 aliphatic rings. The minimum Gasteiger partial charge on any atom is -0.493 e. The first-order valence-corrected chi connectivity index (χ1v) is 10.8. The van der Waals surface area contributed by atoms with Crippen LogP contribution in [0.5, 0.6) is 5.75 Å². The quantitative estimate of drug-likeness (QED) is 0.408. The zero-order valence-electron chi connectivity index (χ0n) is 18.9. The molecule has 33 heavy (non-hydrogen) atoms. The Bertz CT molecular complexity index is 977. The molecule has 1 saturated heterocycles. The standard InChI is InChI=1S/C24H28ClNO7/c1-24(13-31-14-24)15-33-20-11-17(9-18(12-20)22(27)29-2)21(16-5-4-6-19(25)10-16)32-8-7-26-23(28)30-3/h4-6,9-12,21H,7-8,13-15H2,1-3H3,(H,26,28). The fourth-order valence-electron chi connectivity index (χ4n) is 3.34. The molecular formula is C24H28ClNO7. The van der Waals surface area contributed by atoms with Crippen molar-refractivity contribution in [3.05, 3.63) is 64.2 Å². The van der Waals surface area contributed by atoms with Crippen molar-refractivity contribution < 1.29 is 33.3 Å². The highest BCUT2D eigenvalue weighted by molar-refractivity contribution is 6.30. The molecule has 0 radical (unpaired) electrons. The number of rotatable bonds is 10. The van der Waals surface area contributed by atoms with E-state index < -0.39 is 18.2 Å². The first-order chi connectivity index (χ1) is 15.8. The Balaban J connectivity index is 1.89. The predicted molar refractivity (Wildman–Crippen MR) is 122 cm³/mol. The van der Waals surface area contributed by atoms with Gasteiger partial charge in [-0.05, 0) is 41.5 Å². The fraction of sp³-hybridized carbons (Fsp3) is 0.417. The maximum absolute atomic E-state index is 12.3. The van der Waals surface area contributed by atoms with E-state index in [1.54, 1.807) is 24.3 Å². The average molecular weight is 478 g/mol. The Morgan fingerprint density at radius 3 is 2.55 bits per heavy atom. The van der Waals surface area contributed by atoms with Gasteiger partial charge in [0.1, 0.15) is 11.9 Å². The number of hydrogen-bond donors (Lipinski definition) is 1. The summed E-state index contributed by atoms with van der Waals surface area (Å²) in [6.45, 7) is 4.20. The topological polar surface area (TPSA) is 92.3 Å². The number of amides is 1. The molecule has 0 aliphatic carbocycles. The molecule has 2 aromatic carbocycles. The van der Waals surface area contributed by atoms with E-state index in [1.807, 2.05) is 18.2 Å². The number of carbonyl (C=O) groups excluding carboxylic acids is 2. The van der Waals surface area contributed by atoms with E-state index in [1.165, 1.54) is 14.2 Å². The van der Waals surface area contributed by atoms with E-state index >= 15 is 0 Å². The van der Waals surface area contributed by atoms with Crippen LogP contribution in [-0.2, 0) is 18.9 Å². The fourth-order valence-corrected chi connectivity index (χ4v) is 3.54. The molecule has 1 fully saturated rings. The van der Waals surface area contributed by atoms with Crippen molar-refractivity contribution in [2.45, 2.75) is 13.0 Å². The highest BCUT2D eigenvalue weighted by atomic mass is 35.5. The Labute approximate surface area is 198 Å². The van der Waals surface area contributed by atoms with Gasteiger partial charge in [-0.3, -0.25) is 0 Å². The van der Waals surface area contributed by atoms with E-state index in [-0.39, 0.29) is 18.6 Å². The van der Waals surface area contributed by atoms with Crippen molar-refractivity contribution in [1.29, 1.82) is 0 Å². The van der Waals surface area contributed by atoms with E-state index in [9.17, 15) is 9.59 Å². The highest BCUT2D eigenvalue weighted by Crippen LogP contribution is 2.33. The van der Waals surface area contributed by atoms with Crippen LogP contribution in [0.25, 0.3) is 0 Å². The van der Waals surface area contributed by atoms with Crippen LogP contribution >= 0.6 is 11.6 Å². The van der Waals surface area contributed by atoms with Crippen molar-refractivity contribution >= 4 is 23.7 Å². The molecule has 0 bridgehead atoms. The van der Waals surface area contributed by atoms with Gasteiger partial charge >= 0.3 is 12.1 Å². The normalized spacial score (nSPS) is 15.2. The van der Waals surface area contributed by atoms with Crippen LogP contribution in [0.3, 0.4) is 0 Å². The van der Waals surface area contributed by atoms with Crippen LogP contribution < -0.4 is 10.1 Å². The summed E-state index contributed by atoms with van der Waals surface area (Å²) in [4.78, 5) is 23.7. The summed E-state index contributed by atoms with van der Waals surface area (Å²) in [6, 6.07) is 12.4. The van der Waals surface area contributed by atoms with Gasteiger partial charge in [0, 0.05) is 17.0 Å². The Hall–Kier alpha value is -2.81. The molecule has 0 spiro atoms. The first kappa shape index (κ1) is 24.8. The predicted octanol–water partition coefficient (Wildman–Crippen LogP) is 4.00. The summed E-state index contributed by atoms with van der Waals surface area (Å²) >= 11 is 6.22. The summed E-state index contributed by atoms with van der Waals surface area (Å²) < 4.78 is 26.9. The molecular weight excluding hydrogens is 450 g/mol. The highest BCUT2D eigenvalue weighted by Gasteiger charge is 2.34. The van der Waals surface area contributed by atoms with Gasteiger partial charge in [0.05, 0.1) is 46.2 Å². The third kappa shape index (κ3) is 6.83. The Morgan fingerprint density at radius 1 is 1.12 bits per heavy atom. The van der Waals surface area contributed by atoms with Crippen LogP contribution in [-0.4, -0.2) is 59.3 Å². The van der Waals surface area contributed by atoms with Crippen LogP contribution in [0, 0.1) is 5.41 Å². The molecule has 1 heterocycles. The monoisotopic (exact) mass is 477 g/mol. The minimum atomic E-state index is -0.572. The molecule has 0 saturated carbocycles. The number of methoxy groups -OCH3 is 2. The van der Waals surface area contributed by atoms with Gasteiger partial charge in [-0.1, -0.05) is 30.7 Å². The second kappa shape index (κ2) is 11.4. The number of esters is 1. The van der Waals surface area contributed by atoms with Crippen molar-refractivity contribution in [1.82, 2.24) is 5.32 Å². The molecule has 1 atom stereocenters. The molecule has 0 aromatic heterocycles. The molecule has 1 N–H and O–H groups in total. The van der Waals surface area contributed by atoms with Crippen molar-refractivity contribution in [3.63, 3.8) is 0 Å². The van der Waals surface area contributed by atoms with Gasteiger partial charge in [-0.2, -0.15) is 0 Å². The smallest absolute Gasteiger partial charge is 0.406 e. The van der Waals surface area contributed by atoms with E-state index in [2.05, 4.69) is 17.0 Å². The summed E-state index contributed by atoms with van der Waals surface area (Å²) in [6.07, 6.45) is -1.12. The molecule has 3 rings (SSSR count). The van der Waals surface area contributed by atoms with E-state index in [0.717, 1.165) is 5.56 Å². The lowest BCUT2D eigenvalue weighted by Crippen LogP contribution is -2.44. The van der Waals surface area contributed by atoms with Gasteiger partial charge < -0.3 is 29.0 Å². The molecule has 2 aromatic rings. The van der Waals surface area contributed by atoms with Crippen LogP contribution in [0.4, 0.5) is 4.79 Å². The maximum Gasteiger partial charge on any atom is 0.406 e. The van der Waals surface area contributed by atoms with Gasteiger partial charge in [-0.15, -0.1) is 0 Å². The Morgan fingerprint density at radius 2 is 1.91 bits per heavy atom.